The second-order valence-electron chi connectivity index (χ2n) is 4.56. The molecular formula is C15H17FN2O2S. The number of nitrogens with zero attached hydrogens (tertiary/aromatic N) is 1. The number of halogens is 1. The Balaban J connectivity index is 1.90. The smallest absolute Gasteiger partial charge is 0.318 e. The van der Waals surface area contributed by atoms with Crippen LogP contribution in [0.2, 0.25) is 0 Å². The molecule has 112 valence electrons. The second kappa shape index (κ2) is 7.75. The molecule has 0 saturated heterocycles. The molecule has 2 N–H and O–H groups in total. The first-order valence-electron chi connectivity index (χ1n) is 6.58. The van der Waals surface area contributed by atoms with E-state index in [-0.39, 0.29) is 25.0 Å². The summed E-state index contributed by atoms with van der Waals surface area (Å²) < 4.78 is 12.8. The molecule has 2 amide bonds. The lowest BCUT2D eigenvalue weighted by Crippen LogP contribution is -2.40. The van der Waals surface area contributed by atoms with E-state index in [1.807, 2.05) is 16.8 Å². The van der Waals surface area contributed by atoms with E-state index in [0.29, 0.717) is 13.1 Å². The van der Waals surface area contributed by atoms with Crippen LogP contribution in [0.1, 0.15) is 11.1 Å². The summed E-state index contributed by atoms with van der Waals surface area (Å²) in [6.07, 6.45) is 0. The molecule has 0 unspecified atom stereocenters. The molecule has 4 nitrogen and oxygen atoms in total. The molecule has 2 rings (SSSR count). The molecule has 0 saturated carbocycles. The number of hydrogen-bond donors (Lipinski definition) is 2. The Morgan fingerprint density at radius 3 is 2.62 bits per heavy atom. The Morgan fingerprint density at radius 2 is 2.00 bits per heavy atom. The number of aliphatic hydroxyl groups is 1. The lowest BCUT2D eigenvalue weighted by atomic mass is 10.2. The summed E-state index contributed by atoms with van der Waals surface area (Å²) in [5.41, 5.74) is 1.86. The zero-order chi connectivity index (χ0) is 15.1. The Kier molecular flexibility index (Phi) is 5.71. The molecule has 0 aliphatic carbocycles. The van der Waals surface area contributed by atoms with Crippen molar-refractivity contribution < 1.29 is 14.3 Å². The van der Waals surface area contributed by atoms with E-state index in [0.717, 1.165) is 11.1 Å². The summed E-state index contributed by atoms with van der Waals surface area (Å²) in [5, 5.41) is 15.8. The highest BCUT2D eigenvalue weighted by Gasteiger charge is 2.13. The highest BCUT2D eigenvalue weighted by molar-refractivity contribution is 7.07. The van der Waals surface area contributed by atoms with Crippen LogP contribution in [-0.4, -0.2) is 29.2 Å². The minimum Gasteiger partial charge on any atom is -0.395 e. The normalized spacial score (nSPS) is 10.4. The second-order valence-corrected chi connectivity index (χ2v) is 5.34. The van der Waals surface area contributed by atoms with Gasteiger partial charge in [-0.25, -0.2) is 9.18 Å². The molecule has 0 fully saturated rings. The molecule has 21 heavy (non-hydrogen) atoms. The largest absolute Gasteiger partial charge is 0.395 e. The van der Waals surface area contributed by atoms with Gasteiger partial charge in [-0.05, 0) is 40.1 Å². The molecule has 1 aromatic carbocycles. The van der Waals surface area contributed by atoms with Gasteiger partial charge in [0.15, 0.2) is 0 Å². The van der Waals surface area contributed by atoms with E-state index < -0.39 is 0 Å². The monoisotopic (exact) mass is 308 g/mol. The third-order valence-electron chi connectivity index (χ3n) is 2.97. The van der Waals surface area contributed by atoms with E-state index >= 15 is 0 Å². The van der Waals surface area contributed by atoms with Gasteiger partial charge in [-0.3, -0.25) is 0 Å². The predicted molar refractivity (Wildman–Crippen MR) is 80.5 cm³/mol. The number of urea groups is 1. The SMILES string of the molecule is O=C(NCc1ccc(F)cc1)N(CCO)Cc1ccsc1. The summed E-state index contributed by atoms with van der Waals surface area (Å²) in [7, 11) is 0. The van der Waals surface area contributed by atoms with Gasteiger partial charge in [0.25, 0.3) is 0 Å². The van der Waals surface area contributed by atoms with Crippen LogP contribution in [0.4, 0.5) is 9.18 Å². The minimum absolute atomic E-state index is 0.0892. The molecule has 1 aromatic heterocycles. The Labute approximate surface area is 126 Å². The molecule has 0 bridgehead atoms. The lowest BCUT2D eigenvalue weighted by Gasteiger charge is -2.21. The first-order valence-corrected chi connectivity index (χ1v) is 7.52. The number of benzene rings is 1. The highest BCUT2D eigenvalue weighted by atomic mass is 32.1. The van der Waals surface area contributed by atoms with Crippen molar-refractivity contribution in [2.24, 2.45) is 0 Å². The Bertz CT molecular complexity index is 558. The van der Waals surface area contributed by atoms with Gasteiger partial charge < -0.3 is 15.3 Å². The molecule has 1 heterocycles. The van der Waals surface area contributed by atoms with Crippen LogP contribution in [0.5, 0.6) is 0 Å². The van der Waals surface area contributed by atoms with E-state index in [1.165, 1.54) is 12.1 Å². The van der Waals surface area contributed by atoms with Gasteiger partial charge in [0.1, 0.15) is 5.82 Å². The summed E-state index contributed by atoms with van der Waals surface area (Å²) in [6.45, 7) is 0.962. The molecule has 2 aromatic rings. The molecular weight excluding hydrogens is 291 g/mol. The van der Waals surface area contributed by atoms with Crippen LogP contribution in [0, 0.1) is 5.82 Å². The molecule has 0 atom stereocenters. The number of aliphatic hydroxyl groups excluding tert-OH is 1. The van der Waals surface area contributed by atoms with Crippen LogP contribution in [0.15, 0.2) is 41.1 Å². The third kappa shape index (κ3) is 4.84. The first-order chi connectivity index (χ1) is 10.2. The highest BCUT2D eigenvalue weighted by Crippen LogP contribution is 2.10. The van der Waals surface area contributed by atoms with Gasteiger partial charge in [-0.2, -0.15) is 11.3 Å². The maximum atomic E-state index is 12.8. The van der Waals surface area contributed by atoms with Crippen LogP contribution in [-0.2, 0) is 13.1 Å². The van der Waals surface area contributed by atoms with Gasteiger partial charge in [0, 0.05) is 19.6 Å². The molecule has 0 aliphatic heterocycles. The number of amides is 2. The third-order valence-corrected chi connectivity index (χ3v) is 3.70. The predicted octanol–water partition coefficient (Wildman–Crippen LogP) is 2.59. The van der Waals surface area contributed by atoms with Crippen molar-refractivity contribution in [3.05, 3.63) is 58.0 Å². The van der Waals surface area contributed by atoms with Crippen LogP contribution < -0.4 is 5.32 Å². The summed E-state index contributed by atoms with van der Waals surface area (Å²) in [5.74, 6) is -0.301. The van der Waals surface area contributed by atoms with Gasteiger partial charge in [-0.15, -0.1) is 0 Å². The topological polar surface area (TPSA) is 52.6 Å². The van der Waals surface area contributed by atoms with Gasteiger partial charge in [0.2, 0.25) is 0 Å². The van der Waals surface area contributed by atoms with Gasteiger partial charge >= 0.3 is 6.03 Å². The number of hydrogen-bond acceptors (Lipinski definition) is 3. The lowest BCUT2D eigenvalue weighted by molar-refractivity contribution is 0.174. The van der Waals surface area contributed by atoms with Crippen LogP contribution in [0.25, 0.3) is 0 Å². The zero-order valence-electron chi connectivity index (χ0n) is 11.5. The summed E-state index contributed by atoms with van der Waals surface area (Å²) in [6, 6.07) is 7.67. The average molecular weight is 308 g/mol. The van der Waals surface area contributed by atoms with Crippen molar-refractivity contribution in [2.75, 3.05) is 13.2 Å². The average Bonchev–Trinajstić information content (AvgIpc) is 2.99. The number of nitrogens with one attached hydrogen (secondary N) is 1. The van der Waals surface area contributed by atoms with E-state index in [2.05, 4.69) is 5.32 Å². The standard InChI is InChI=1S/C15H17FN2O2S/c16-14-3-1-12(2-4-14)9-17-15(20)18(6-7-19)10-13-5-8-21-11-13/h1-5,8,11,19H,6-7,9-10H2,(H,17,20). The fourth-order valence-electron chi connectivity index (χ4n) is 1.87. The van der Waals surface area contributed by atoms with Crippen molar-refractivity contribution in [2.45, 2.75) is 13.1 Å². The fraction of sp³-hybridized carbons (Fsp3) is 0.267. The zero-order valence-corrected chi connectivity index (χ0v) is 12.3. The Morgan fingerprint density at radius 1 is 1.24 bits per heavy atom. The number of carbonyl (C=O) groups excluding carboxylic acids is 1. The molecule has 0 radical (unpaired) electrons. The minimum atomic E-state index is -0.301. The van der Waals surface area contributed by atoms with Gasteiger partial charge in [-0.1, -0.05) is 12.1 Å². The quantitative estimate of drug-likeness (QED) is 0.862. The van der Waals surface area contributed by atoms with Crippen LogP contribution >= 0.6 is 11.3 Å². The summed E-state index contributed by atoms with van der Waals surface area (Å²) in [4.78, 5) is 13.7. The maximum absolute atomic E-state index is 12.8. The van der Waals surface area contributed by atoms with E-state index in [4.69, 9.17) is 5.11 Å². The molecule has 0 spiro atoms. The van der Waals surface area contributed by atoms with E-state index in [9.17, 15) is 9.18 Å². The van der Waals surface area contributed by atoms with Crippen LogP contribution in [0.3, 0.4) is 0 Å². The van der Waals surface area contributed by atoms with Crippen molar-refractivity contribution >= 4 is 17.4 Å². The van der Waals surface area contributed by atoms with Crippen molar-refractivity contribution in [3.8, 4) is 0 Å². The number of rotatable bonds is 6. The van der Waals surface area contributed by atoms with Crippen molar-refractivity contribution in [1.29, 1.82) is 0 Å². The maximum Gasteiger partial charge on any atom is 0.318 e. The molecule has 6 heteroatoms. The van der Waals surface area contributed by atoms with Crippen molar-refractivity contribution in [1.82, 2.24) is 10.2 Å². The van der Waals surface area contributed by atoms with E-state index in [1.54, 1.807) is 28.4 Å². The molecule has 0 aliphatic rings. The number of carbonyl (C=O) groups is 1. The van der Waals surface area contributed by atoms with Crippen molar-refractivity contribution in [3.63, 3.8) is 0 Å². The fourth-order valence-corrected chi connectivity index (χ4v) is 2.53. The van der Waals surface area contributed by atoms with Gasteiger partial charge in [0.05, 0.1) is 6.61 Å². The Hall–Kier alpha value is -1.92. The summed E-state index contributed by atoms with van der Waals surface area (Å²) >= 11 is 1.57. The number of thiophene rings is 1. The first kappa shape index (κ1) is 15.5.